The highest BCUT2D eigenvalue weighted by atomic mass is 35.5. The van der Waals surface area contributed by atoms with Crippen LogP contribution in [0, 0.1) is 5.82 Å². The maximum Gasteiger partial charge on any atom is 0.258 e. The lowest BCUT2D eigenvalue weighted by atomic mass is 10.0. The van der Waals surface area contributed by atoms with Crippen LogP contribution in [-0.2, 0) is 0 Å². The van der Waals surface area contributed by atoms with Gasteiger partial charge in [-0.1, -0.05) is 6.07 Å². The summed E-state index contributed by atoms with van der Waals surface area (Å²) in [7, 11) is 1.32. The fourth-order valence-corrected chi connectivity index (χ4v) is 2.34. The Bertz CT molecular complexity index is 432. The highest BCUT2D eigenvalue weighted by molar-refractivity contribution is 5.85. The van der Waals surface area contributed by atoms with Crippen LogP contribution < -0.4 is 10.1 Å². The first-order chi connectivity index (χ1) is 9.13. The molecule has 21 heavy (non-hydrogen) atoms. The molecule has 1 aromatic rings. The quantitative estimate of drug-likeness (QED) is 0.907. The molecule has 1 aliphatic heterocycles. The summed E-state index contributed by atoms with van der Waals surface area (Å²) in [4.78, 5) is 1.72. The molecule has 0 spiro atoms. The van der Waals surface area contributed by atoms with E-state index in [0.29, 0.717) is 31.7 Å². The largest absolute Gasteiger partial charge is 0.494 e. The van der Waals surface area contributed by atoms with Crippen molar-refractivity contribution < 1.29 is 17.9 Å². The number of methoxy groups -OCH3 is 1. The van der Waals surface area contributed by atoms with Gasteiger partial charge in [-0.25, -0.2) is 13.2 Å². The number of piperazine rings is 1. The molecule has 0 saturated carbocycles. The van der Waals surface area contributed by atoms with Crippen molar-refractivity contribution in [3.63, 3.8) is 0 Å². The van der Waals surface area contributed by atoms with E-state index in [1.54, 1.807) is 4.90 Å². The molecule has 3 nitrogen and oxygen atoms in total. The van der Waals surface area contributed by atoms with Gasteiger partial charge in [0.2, 0.25) is 0 Å². The summed E-state index contributed by atoms with van der Waals surface area (Å²) in [6.07, 6.45) is -2.52. The van der Waals surface area contributed by atoms with Crippen molar-refractivity contribution in [2.75, 3.05) is 33.3 Å². The number of nitrogens with one attached hydrogen (secondary N) is 1. The van der Waals surface area contributed by atoms with Crippen molar-refractivity contribution in [3.05, 3.63) is 29.6 Å². The Labute approximate surface area is 134 Å². The minimum atomic E-state index is -2.52. The van der Waals surface area contributed by atoms with Crippen molar-refractivity contribution in [2.45, 2.75) is 12.5 Å². The molecule has 1 heterocycles. The number of rotatable bonds is 4. The van der Waals surface area contributed by atoms with Crippen molar-refractivity contribution in [3.8, 4) is 5.75 Å². The van der Waals surface area contributed by atoms with E-state index >= 15 is 0 Å². The second-order valence-corrected chi connectivity index (χ2v) is 4.46. The summed E-state index contributed by atoms with van der Waals surface area (Å²) in [6, 6.07) is 2.91. The molecule has 1 aliphatic rings. The molecule has 1 saturated heterocycles. The van der Waals surface area contributed by atoms with Gasteiger partial charge in [0.25, 0.3) is 6.43 Å². The molecule has 1 N–H and O–H groups in total. The Hall–Kier alpha value is -0.690. The van der Waals surface area contributed by atoms with Crippen LogP contribution in [-0.4, -0.2) is 44.6 Å². The third kappa shape index (κ3) is 4.92. The van der Waals surface area contributed by atoms with Crippen molar-refractivity contribution in [1.29, 1.82) is 0 Å². The fraction of sp³-hybridized carbons (Fsp3) is 0.538. The highest BCUT2D eigenvalue weighted by Crippen LogP contribution is 2.31. The average molecular weight is 347 g/mol. The lowest BCUT2D eigenvalue weighted by Crippen LogP contribution is -2.46. The third-order valence-corrected chi connectivity index (χ3v) is 3.30. The topological polar surface area (TPSA) is 24.5 Å². The molecule has 2 rings (SSSR count). The molecule has 8 heteroatoms. The Kier molecular flexibility index (Phi) is 9.04. The van der Waals surface area contributed by atoms with Crippen LogP contribution in [0.3, 0.4) is 0 Å². The number of alkyl halides is 2. The van der Waals surface area contributed by atoms with Crippen LogP contribution in [0.25, 0.3) is 0 Å². The zero-order valence-electron chi connectivity index (χ0n) is 11.5. The first-order valence-electron chi connectivity index (χ1n) is 6.20. The van der Waals surface area contributed by atoms with Gasteiger partial charge in [-0.15, -0.1) is 24.8 Å². The van der Waals surface area contributed by atoms with Gasteiger partial charge in [0.1, 0.15) is 0 Å². The lowest BCUT2D eigenvalue weighted by Gasteiger charge is -2.34. The summed E-state index contributed by atoms with van der Waals surface area (Å²) in [5, 5.41) is 3.12. The number of hydrogen-bond acceptors (Lipinski definition) is 3. The second-order valence-electron chi connectivity index (χ2n) is 4.46. The van der Waals surface area contributed by atoms with Crippen LogP contribution in [0.2, 0.25) is 0 Å². The van der Waals surface area contributed by atoms with Gasteiger partial charge in [-0.05, 0) is 17.7 Å². The summed E-state index contributed by atoms with van der Waals surface area (Å²) in [5.41, 5.74) is 0.384. The Morgan fingerprint density at radius 3 is 2.33 bits per heavy atom. The Morgan fingerprint density at radius 2 is 1.81 bits per heavy atom. The van der Waals surface area contributed by atoms with Gasteiger partial charge in [0, 0.05) is 26.2 Å². The van der Waals surface area contributed by atoms with E-state index in [2.05, 4.69) is 5.32 Å². The summed E-state index contributed by atoms with van der Waals surface area (Å²) in [6.45, 7) is 2.46. The van der Waals surface area contributed by atoms with Gasteiger partial charge in [0.05, 0.1) is 13.2 Å². The third-order valence-electron chi connectivity index (χ3n) is 3.30. The molecule has 0 aromatic heterocycles. The molecular formula is C13H19Cl2F3N2O. The van der Waals surface area contributed by atoms with Crippen LogP contribution >= 0.6 is 24.8 Å². The van der Waals surface area contributed by atoms with Gasteiger partial charge >= 0.3 is 0 Å². The van der Waals surface area contributed by atoms with Crippen LogP contribution in [0.5, 0.6) is 5.75 Å². The standard InChI is InChI=1S/C13H17F3N2O.2ClH/c1-19-11-8-9(2-3-10(11)14)12(13(15)16)18-6-4-17-5-7-18;;/h2-3,8,12-13,17H,4-7H2,1H3;2*1H/t12-;;/m0../s1. The zero-order valence-corrected chi connectivity index (χ0v) is 13.2. The molecule has 0 radical (unpaired) electrons. The second kappa shape index (κ2) is 9.35. The molecule has 1 atom stereocenters. The van der Waals surface area contributed by atoms with Crippen LogP contribution in [0.1, 0.15) is 11.6 Å². The molecule has 1 fully saturated rings. The Morgan fingerprint density at radius 1 is 1.19 bits per heavy atom. The van der Waals surface area contributed by atoms with Gasteiger partial charge in [-0.2, -0.15) is 0 Å². The van der Waals surface area contributed by atoms with Gasteiger partial charge in [0.15, 0.2) is 11.6 Å². The summed E-state index contributed by atoms with van der Waals surface area (Å²) < 4.78 is 44.8. The predicted molar refractivity (Wildman–Crippen MR) is 80.6 cm³/mol. The molecule has 1 aromatic carbocycles. The number of benzene rings is 1. The minimum Gasteiger partial charge on any atom is -0.494 e. The van der Waals surface area contributed by atoms with E-state index in [-0.39, 0.29) is 30.6 Å². The minimum absolute atomic E-state index is 0. The molecular weight excluding hydrogens is 328 g/mol. The van der Waals surface area contributed by atoms with Crippen LogP contribution in [0.15, 0.2) is 18.2 Å². The van der Waals surface area contributed by atoms with E-state index in [9.17, 15) is 13.2 Å². The van der Waals surface area contributed by atoms with Crippen LogP contribution in [0.4, 0.5) is 13.2 Å². The number of ether oxygens (including phenoxy) is 1. The number of halogens is 5. The van der Waals surface area contributed by atoms with Crippen molar-refractivity contribution in [2.24, 2.45) is 0 Å². The van der Waals surface area contributed by atoms with Gasteiger partial charge < -0.3 is 10.1 Å². The molecule has 122 valence electrons. The SMILES string of the molecule is COc1cc([C@@H](C(F)F)N2CCNCC2)ccc1F.Cl.Cl. The number of hydrogen-bond donors (Lipinski definition) is 1. The van der Waals surface area contributed by atoms with E-state index < -0.39 is 18.3 Å². The normalized spacial score (nSPS) is 16.8. The number of nitrogens with zero attached hydrogens (tertiary/aromatic N) is 1. The molecule has 0 aliphatic carbocycles. The van der Waals surface area contributed by atoms with E-state index in [0.717, 1.165) is 0 Å². The van der Waals surface area contributed by atoms with Gasteiger partial charge in [-0.3, -0.25) is 4.90 Å². The smallest absolute Gasteiger partial charge is 0.258 e. The molecule has 0 bridgehead atoms. The van der Waals surface area contributed by atoms with Crippen molar-refractivity contribution >= 4 is 24.8 Å². The first kappa shape index (κ1) is 20.3. The van der Waals surface area contributed by atoms with E-state index in [1.807, 2.05) is 0 Å². The Balaban J connectivity index is 0.00000200. The monoisotopic (exact) mass is 346 g/mol. The summed E-state index contributed by atoms with van der Waals surface area (Å²) in [5.74, 6) is -0.544. The fourth-order valence-electron chi connectivity index (χ4n) is 2.34. The maximum absolute atomic E-state index is 13.3. The zero-order chi connectivity index (χ0) is 13.8. The average Bonchev–Trinajstić information content (AvgIpc) is 2.41. The highest BCUT2D eigenvalue weighted by Gasteiger charge is 2.30. The predicted octanol–water partition coefficient (Wildman–Crippen LogP) is 2.89. The first-order valence-corrected chi connectivity index (χ1v) is 6.20. The molecule has 0 amide bonds. The van der Waals surface area contributed by atoms with E-state index in [4.69, 9.17) is 4.74 Å². The lowest BCUT2D eigenvalue weighted by molar-refractivity contribution is 0.0180. The van der Waals surface area contributed by atoms with E-state index in [1.165, 1.54) is 25.3 Å². The maximum atomic E-state index is 13.3. The van der Waals surface area contributed by atoms with Crippen molar-refractivity contribution in [1.82, 2.24) is 10.2 Å². The molecule has 0 unspecified atom stereocenters. The summed E-state index contributed by atoms with van der Waals surface area (Å²) >= 11 is 0.